The molecule has 62 valence electrons. The number of hydrogen-bond donors (Lipinski definition) is 6. The molecule has 0 heterocycles. The largest absolute Gasteiger partial charge is 0.396 e. The summed E-state index contributed by atoms with van der Waals surface area (Å²) in [5.41, 5.74) is 7.85. The minimum atomic E-state index is -3.16. The minimum absolute atomic E-state index is 0.309. The average Bonchev–Trinajstić information content (AvgIpc) is 1.61. The van der Waals surface area contributed by atoms with Crippen LogP contribution in [-0.2, 0) is 0 Å². The van der Waals surface area contributed by atoms with E-state index in [1.54, 1.807) is 0 Å². The summed E-state index contributed by atoms with van der Waals surface area (Å²) >= 11 is 0. The second kappa shape index (κ2) is 2.79. The van der Waals surface area contributed by atoms with Gasteiger partial charge in [0.2, 0.25) is 0 Å². The van der Waals surface area contributed by atoms with Gasteiger partial charge in [0.25, 0.3) is 0 Å². The third-order valence-corrected chi connectivity index (χ3v) is 1.15. The number of aliphatic hydroxyl groups is 4. The van der Waals surface area contributed by atoms with Crippen molar-refractivity contribution in [3.05, 3.63) is 0 Å². The van der Waals surface area contributed by atoms with Gasteiger partial charge < -0.3 is 31.9 Å². The Bertz CT molecular complexity index is 108. The van der Waals surface area contributed by atoms with Crippen LogP contribution in [0.5, 0.6) is 0 Å². The average molecular weight is 152 g/mol. The maximum atomic E-state index is 8.43. The van der Waals surface area contributed by atoms with E-state index >= 15 is 0 Å². The number of nitrogens with two attached hydrogens (primary N) is 2. The number of aliphatic hydroxyl groups excluding tert-OH is 1. The van der Waals surface area contributed by atoms with Crippen molar-refractivity contribution >= 4 is 0 Å². The van der Waals surface area contributed by atoms with Gasteiger partial charge in [-0.3, -0.25) is 0 Å². The van der Waals surface area contributed by atoms with Gasteiger partial charge in [0.05, 0.1) is 0 Å². The lowest BCUT2D eigenvalue weighted by atomic mass is 10.1. The Hall–Kier alpha value is -0.240. The van der Waals surface area contributed by atoms with Crippen LogP contribution in [0.15, 0.2) is 0 Å². The molecular formula is C4H12N2O4. The Labute approximate surface area is 57.7 Å². The maximum Gasteiger partial charge on any atom is 0.308 e. The lowest BCUT2D eigenvalue weighted by Gasteiger charge is -2.31. The SMILES string of the molecule is NC(N)(CCO)C(O)(O)O. The van der Waals surface area contributed by atoms with Crippen LogP contribution in [0.25, 0.3) is 0 Å². The van der Waals surface area contributed by atoms with Crippen LogP contribution in [0.3, 0.4) is 0 Å². The summed E-state index contributed by atoms with van der Waals surface area (Å²) in [6.45, 7) is -0.434. The zero-order chi connectivity index (χ0) is 8.41. The fraction of sp³-hybridized carbons (Fsp3) is 1.00. The number of rotatable bonds is 3. The van der Waals surface area contributed by atoms with E-state index in [2.05, 4.69) is 0 Å². The van der Waals surface area contributed by atoms with Crippen molar-refractivity contribution < 1.29 is 20.4 Å². The van der Waals surface area contributed by atoms with Gasteiger partial charge in [-0.2, -0.15) is 0 Å². The number of hydrogen-bond acceptors (Lipinski definition) is 6. The fourth-order valence-electron chi connectivity index (χ4n) is 0.353. The summed E-state index contributed by atoms with van der Waals surface area (Å²) in [6.07, 6.45) is -0.309. The molecule has 6 nitrogen and oxygen atoms in total. The predicted molar refractivity (Wildman–Crippen MR) is 32.2 cm³/mol. The van der Waals surface area contributed by atoms with Crippen LogP contribution in [0.1, 0.15) is 6.42 Å². The molecule has 0 aromatic carbocycles. The van der Waals surface area contributed by atoms with Gasteiger partial charge in [-0.1, -0.05) is 0 Å². The molecule has 8 N–H and O–H groups in total. The molecule has 0 unspecified atom stereocenters. The summed E-state index contributed by atoms with van der Waals surface area (Å²) in [6, 6.07) is 0. The molecular weight excluding hydrogens is 140 g/mol. The molecule has 0 aliphatic carbocycles. The molecule has 0 amide bonds. The lowest BCUT2D eigenvalue weighted by Crippen LogP contribution is -2.67. The van der Waals surface area contributed by atoms with Gasteiger partial charge in [-0.05, 0) is 0 Å². The van der Waals surface area contributed by atoms with E-state index < -0.39 is 18.2 Å². The topological polar surface area (TPSA) is 133 Å². The molecule has 0 aliphatic rings. The van der Waals surface area contributed by atoms with Crippen LogP contribution in [0.2, 0.25) is 0 Å². The van der Waals surface area contributed by atoms with Crippen molar-refractivity contribution in [2.75, 3.05) is 6.61 Å². The molecule has 10 heavy (non-hydrogen) atoms. The van der Waals surface area contributed by atoms with E-state index in [1.165, 1.54) is 0 Å². The minimum Gasteiger partial charge on any atom is -0.396 e. The first-order valence-electron chi connectivity index (χ1n) is 2.67. The molecule has 0 aromatic heterocycles. The molecule has 0 aliphatic heterocycles. The molecule has 0 spiro atoms. The van der Waals surface area contributed by atoms with Gasteiger partial charge >= 0.3 is 5.97 Å². The summed E-state index contributed by atoms with van der Waals surface area (Å²) in [7, 11) is 0. The smallest absolute Gasteiger partial charge is 0.308 e. The molecule has 0 saturated heterocycles. The Kier molecular flexibility index (Phi) is 2.72. The highest BCUT2D eigenvalue weighted by atomic mass is 16.7. The van der Waals surface area contributed by atoms with Gasteiger partial charge in [0.15, 0.2) is 0 Å². The molecule has 6 heteroatoms. The van der Waals surface area contributed by atoms with E-state index in [1.807, 2.05) is 0 Å². The summed E-state index contributed by atoms with van der Waals surface area (Å²) in [4.78, 5) is 0. The van der Waals surface area contributed by atoms with Gasteiger partial charge in [-0.15, -0.1) is 0 Å². The first-order valence-corrected chi connectivity index (χ1v) is 2.67. The lowest BCUT2D eigenvalue weighted by molar-refractivity contribution is -0.349. The Morgan fingerprint density at radius 1 is 1.10 bits per heavy atom. The van der Waals surface area contributed by atoms with E-state index in [0.717, 1.165) is 0 Å². The van der Waals surface area contributed by atoms with Crippen molar-refractivity contribution in [3.63, 3.8) is 0 Å². The van der Waals surface area contributed by atoms with Gasteiger partial charge in [0, 0.05) is 13.0 Å². The highest BCUT2D eigenvalue weighted by Gasteiger charge is 2.41. The van der Waals surface area contributed by atoms with Crippen LogP contribution in [0, 0.1) is 0 Å². The highest BCUT2D eigenvalue weighted by molar-refractivity contribution is 4.83. The van der Waals surface area contributed by atoms with Crippen molar-refractivity contribution in [3.8, 4) is 0 Å². The fourth-order valence-corrected chi connectivity index (χ4v) is 0.353. The molecule has 0 rings (SSSR count). The van der Waals surface area contributed by atoms with E-state index in [-0.39, 0.29) is 6.42 Å². The monoisotopic (exact) mass is 152 g/mol. The predicted octanol–water partition coefficient (Wildman–Crippen LogP) is -3.39. The van der Waals surface area contributed by atoms with Crippen molar-refractivity contribution in [1.82, 2.24) is 0 Å². The summed E-state index contributed by atoms with van der Waals surface area (Å²) in [5.74, 6) is -3.16. The Balaban J connectivity index is 4.10. The van der Waals surface area contributed by atoms with Crippen molar-refractivity contribution in [2.45, 2.75) is 18.1 Å². The highest BCUT2D eigenvalue weighted by Crippen LogP contribution is 2.10. The summed E-state index contributed by atoms with van der Waals surface area (Å²) < 4.78 is 0. The van der Waals surface area contributed by atoms with E-state index in [0.29, 0.717) is 0 Å². The molecule has 0 saturated carbocycles. The molecule has 0 fully saturated rings. The normalized spacial score (nSPS) is 13.8. The molecule has 0 aromatic rings. The zero-order valence-electron chi connectivity index (χ0n) is 5.36. The first kappa shape index (κ1) is 9.76. The molecule has 0 atom stereocenters. The van der Waals surface area contributed by atoms with Crippen LogP contribution >= 0.6 is 0 Å². The van der Waals surface area contributed by atoms with Crippen molar-refractivity contribution in [2.24, 2.45) is 11.5 Å². The van der Waals surface area contributed by atoms with Crippen molar-refractivity contribution in [1.29, 1.82) is 0 Å². The van der Waals surface area contributed by atoms with E-state index in [9.17, 15) is 0 Å². The molecule has 0 bridgehead atoms. The third-order valence-electron chi connectivity index (χ3n) is 1.15. The first-order chi connectivity index (χ1) is 4.31. The van der Waals surface area contributed by atoms with Crippen LogP contribution < -0.4 is 11.5 Å². The molecule has 0 radical (unpaired) electrons. The maximum absolute atomic E-state index is 8.43. The van der Waals surface area contributed by atoms with Gasteiger partial charge in [0.1, 0.15) is 5.66 Å². The Morgan fingerprint density at radius 3 is 1.60 bits per heavy atom. The third kappa shape index (κ3) is 2.18. The summed E-state index contributed by atoms with van der Waals surface area (Å²) in [5, 5.41) is 33.6. The quantitative estimate of drug-likeness (QED) is 0.234. The Morgan fingerprint density at radius 2 is 1.50 bits per heavy atom. The van der Waals surface area contributed by atoms with Gasteiger partial charge in [-0.25, -0.2) is 0 Å². The van der Waals surface area contributed by atoms with E-state index in [4.69, 9.17) is 31.9 Å². The standard InChI is InChI=1S/C4H12N2O4/c5-3(6,1-2-7)4(8,9)10/h7-10H,1-2,5-6H2. The zero-order valence-corrected chi connectivity index (χ0v) is 5.36. The van der Waals surface area contributed by atoms with Crippen LogP contribution in [-0.4, -0.2) is 38.7 Å². The second-order valence-corrected chi connectivity index (χ2v) is 2.15. The second-order valence-electron chi connectivity index (χ2n) is 2.15. The van der Waals surface area contributed by atoms with Crippen LogP contribution in [0.4, 0.5) is 0 Å².